The van der Waals surface area contributed by atoms with Crippen LogP contribution in [0.15, 0.2) is 23.3 Å². The Labute approximate surface area is 138 Å². The van der Waals surface area contributed by atoms with Crippen molar-refractivity contribution < 1.29 is 22.5 Å². The largest absolute Gasteiger partial charge is 0.490 e. The maximum atomic E-state index is 12.1. The van der Waals surface area contributed by atoms with E-state index in [1.165, 1.54) is 6.34 Å². The molecule has 0 saturated carbocycles. The molecule has 0 fully saturated rings. The highest BCUT2D eigenvalue weighted by atomic mass is 32.2. The first-order valence-corrected chi connectivity index (χ1v) is 8.78. The van der Waals surface area contributed by atoms with Crippen LogP contribution in [0.2, 0.25) is 0 Å². The zero-order valence-corrected chi connectivity index (χ0v) is 14.0. The summed E-state index contributed by atoms with van der Waals surface area (Å²) in [5.41, 5.74) is 2.68. The highest BCUT2D eigenvalue weighted by Gasteiger charge is 2.21. The molecule has 10 heteroatoms. The number of nitrogens with zero attached hydrogens (tertiary/aromatic N) is 2. The van der Waals surface area contributed by atoms with Gasteiger partial charge in [-0.3, -0.25) is 9.35 Å². The van der Waals surface area contributed by atoms with E-state index < -0.39 is 10.1 Å². The summed E-state index contributed by atoms with van der Waals surface area (Å²) in [6, 6.07) is 5.81. The van der Waals surface area contributed by atoms with Crippen LogP contribution in [0.4, 0.5) is 0 Å². The number of carbonyl (C=O) groups excluding carboxylic acids is 1. The number of carbonyl (C=O) groups is 1. The monoisotopic (exact) mass is 354 g/mol. The van der Waals surface area contributed by atoms with Crippen LogP contribution >= 0.6 is 0 Å². The molecule has 0 unspecified atom stereocenters. The normalized spacial score (nSPS) is 13.3. The number of hydrazone groups is 1. The molecule has 0 atom stereocenters. The number of amides is 1. The van der Waals surface area contributed by atoms with Gasteiger partial charge in [-0.2, -0.15) is 13.5 Å². The van der Waals surface area contributed by atoms with E-state index >= 15 is 0 Å². The predicted octanol–water partition coefficient (Wildman–Crippen LogP) is 0.478. The van der Waals surface area contributed by atoms with Gasteiger partial charge in [0.2, 0.25) is 0 Å². The van der Waals surface area contributed by atoms with Crippen LogP contribution < -0.4 is 15.9 Å². The first kappa shape index (κ1) is 17.8. The first-order valence-electron chi connectivity index (χ1n) is 6.93. The van der Waals surface area contributed by atoms with E-state index in [9.17, 15) is 13.2 Å². The van der Waals surface area contributed by atoms with Gasteiger partial charge in [-0.05, 0) is 24.6 Å². The van der Waals surface area contributed by atoms with E-state index in [4.69, 9.17) is 15.1 Å². The van der Waals surface area contributed by atoms with Crippen molar-refractivity contribution >= 4 is 33.3 Å². The van der Waals surface area contributed by atoms with Crippen LogP contribution in [-0.2, 0) is 16.7 Å². The summed E-state index contributed by atoms with van der Waals surface area (Å²) in [4.78, 5) is 12.1. The third-order valence-electron chi connectivity index (χ3n) is 3.32. The number of nitrogens with one attached hydrogen (secondary N) is 1. The van der Waals surface area contributed by atoms with Crippen molar-refractivity contribution in [2.75, 3.05) is 12.9 Å². The molecule has 1 aliphatic heterocycles. The predicted molar refractivity (Wildman–Crippen MR) is 89.8 cm³/mol. The fourth-order valence-corrected chi connectivity index (χ4v) is 2.44. The van der Waals surface area contributed by atoms with Crippen LogP contribution in [-0.4, -0.2) is 42.6 Å². The fourth-order valence-electron chi connectivity index (χ4n) is 2.44. The lowest BCUT2D eigenvalue weighted by atomic mass is 10.1. The van der Waals surface area contributed by atoms with Crippen molar-refractivity contribution in [3.05, 3.63) is 29.5 Å². The molecular formula is C14H18N4O5S. The summed E-state index contributed by atoms with van der Waals surface area (Å²) in [5, 5.41) is 6.83. The van der Waals surface area contributed by atoms with Gasteiger partial charge in [0.1, 0.15) is 24.4 Å². The third kappa shape index (κ3) is 4.03. The number of aryl methyl sites for hydroxylation is 1. The molecule has 0 radical (unpaired) electrons. The molecule has 0 saturated heterocycles. The Kier molecular flexibility index (Phi) is 5.10. The Hall–Kier alpha value is -2.59. The summed E-state index contributed by atoms with van der Waals surface area (Å²) >= 11 is 0. The van der Waals surface area contributed by atoms with Gasteiger partial charge in [0, 0.05) is 5.39 Å². The molecular weight excluding hydrogens is 336 g/mol. The topological polar surface area (TPSA) is 136 Å². The van der Waals surface area contributed by atoms with Gasteiger partial charge in [-0.25, -0.2) is 0 Å². The Morgan fingerprint density at radius 3 is 2.79 bits per heavy atom. The minimum Gasteiger partial charge on any atom is -0.490 e. The van der Waals surface area contributed by atoms with Crippen LogP contribution in [0.3, 0.4) is 0 Å². The van der Waals surface area contributed by atoms with Crippen molar-refractivity contribution in [3.8, 4) is 5.75 Å². The number of ether oxygens (including phenoxy) is 1. The Morgan fingerprint density at radius 2 is 2.17 bits per heavy atom. The van der Waals surface area contributed by atoms with Gasteiger partial charge >= 0.3 is 0 Å². The molecule has 1 aliphatic rings. The van der Waals surface area contributed by atoms with Crippen LogP contribution in [0, 0.1) is 6.92 Å². The molecule has 0 aliphatic carbocycles. The van der Waals surface area contributed by atoms with Crippen molar-refractivity contribution in [1.82, 2.24) is 9.88 Å². The second-order valence-corrected chi connectivity index (χ2v) is 6.62. The van der Waals surface area contributed by atoms with Crippen molar-refractivity contribution in [3.63, 3.8) is 0 Å². The maximum absolute atomic E-state index is 12.1. The molecule has 9 nitrogen and oxygen atoms in total. The van der Waals surface area contributed by atoms with Gasteiger partial charge in [0.05, 0.1) is 18.3 Å². The molecule has 1 aromatic carbocycles. The average Bonchev–Trinajstić information content (AvgIpc) is 2.89. The first-order chi connectivity index (χ1) is 11.2. The van der Waals surface area contributed by atoms with Crippen molar-refractivity contribution in [1.29, 1.82) is 0 Å². The van der Waals surface area contributed by atoms with Crippen molar-refractivity contribution in [2.45, 2.75) is 13.5 Å². The van der Waals surface area contributed by atoms with E-state index in [2.05, 4.69) is 10.4 Å². The molecule has 130 valence electrons. The molecule has 0 spiro atoms. The lowest BCUT2D eigenvalue weighted by Gasteiger charge is -2.19. The fraction of sp³-hybridized carbons (Fsp3) is 0.286. The molecule has 1 aromatic heterocycles. The van der Waals surface area contributed by atoms with Crippen LogP contribution in [0.5, 0.6) is 5.75 Å². The summed E-state index contributed by atoms with van der Waals surface area (Å²) in [7, 11) is -3.67. The molecule has 3 rings (SSSR count). The number of benzene rings is 1. The highest BCUT2D eigenvalue weighted by Crippen LogP contribution is 2.33. The summed E-state index contributed by atoms with van der Waals surface area (Å²) in [5.74, 6) is 5.58. The lowest BCUT2D eigenvalue weighted by molar-refractivity contribution is 0.0968. The number of hydrogen-bond acceptors (Lipinski definition) is 6. The van der Waals surface area contributed by atoms with Gasteiger partial charge in [-0.15, -0.1) is 0 Å². The van der Waals surface area contributed by atoms with Crippen LogP contribution in [0.1, 0.15) is 16.1 Å². The number of hydrogen-bond donors (Lipinski definition) is 3. The standard InChI is InChI=1S/C13H14N4O2.CH4O3S/c1-8-2-3-11-12-9(8)6-10(13(18)15-7-16-14)17(12)4-5-19-11;1-5(2,3)4/h2-3,6-7H,4-5,14H2,1H3,(H,15,16,18);1H3,(H,2,3,4). The van der Waals surface area contributed by atoms with E-state index in [1.807, 2.05) is 29.7 Å². The highest BCUT2D eigenvalue weighted by molar-refractivity contribution is 7.85. The van der Waals surface area contributed by atoms with E-state index in [1.54, 1.807) is 0 Å². The van der Waals surface area contributed by atoms with E-state index in [0.717, 1.165) is 22.2 Å². The minimum atomic E-state index is -3.67. The zero-order valence-electron chi connectivity index (χ0n) is 13.2. The van der Waals surface area contributed by atoms with Crippen LogP contribution in [0.25, 0.3) is 10.9 Å². The maximum Gasteiger partial charge on any atom is 0.273 e. The molecule has 0 bridgehead atoms. The van der Waals surface area contributed by atoms with E-state index in [-0.39, 0.29) is 5.91 Å². The molecule has 1 amide bonds. The lowest BCUT2D eigenvalue weighted by Crippen LogP contribution is -2.26. The molecule has 2 heterocycles. The molecule has 2 aromatic rings. The Morgan fingerprint density at radius 1 is 1.50 bits per heavy atom. The number of rotatable bonds is 2. The molecule has 24 heavy (non-hydrogen) atoms. The summed E-state index contributed by atoms with van der Waals surface area (Å²) in [6.45, 7) is 3.23. The molecule has 4 N–H and O–H groups in total. The van der Waals surface area contributed by atoms with Gasteiger partial charge < -0.3 is 20.5 Å². The third-order valence-corrected chi connectivity index (χ3v) is 3.32. The zero-order chi connectivity index (χ0) is 17.9. The van der Waals surface area contributed by atoms with Gasteiger partial charge in [-0.1, -0.05) is 6.07 Å². The number of nitrogens with two attached hydrogens (primary N) is 1. The summed E-state index contributed by atoms with van der Waals surface area (Å²) < 4.78 is 33.5. The quantitative estimate of drug-likeness (QED) is 0.236. The van der Waals surface area contributed by atoms with Gasteiger partial charge in [0.15, 0.2) is 0 Å². The van der Waals surface area contributed by atoms with E-state index in [0.29, 0.717) is 25.1 Å². The smallest absolute Gasteiger partial charge is 0.273 e. The Balaban J connectivity index is 0.000000368. The SMILES string of the molecule is CS(=O)(=O)O.Cc1ccc2c3c1cc(C(=O)NC=NN)n3CCO2. The summed E-state index contributed by atoms with van der Waals surface area (Å²) in [6.07, 6.45) is 1.90. The number of aromatic nitrogens is 1. The van der Waals surface area contributed by atoms with Gasteiger partial charge in [0.25, 0.3) is 16.0 Å². The second kappa shape index (κ2) is 6.89. The second-order valence-electron chi connectivity index (χ2n) is 5.16. The minimum absolute atomic E-state index is 0.224. The van der Waals surface area contributed by atoms with Crippen molar-refractivity contribution in [2.24, 2.45) is 10.9 Å². The average molecular weight is 354 g/mol. The Bertz CT molecular complexity index is 894.